The minimum atomic E-state index is -3.67. The summed E-state index contributed by atoms with van der Waals surface area (Å²) in [6.07, 6.45) is 0.707. The van der Waals surface area contributed by atoms with Gasteiger partial charge in [-0.15, -0.1) is 0 Å². The van der Waals surface area contributed by atoms with Crippen molar-refractivity contribution in [3.63, 3.8) is 0 Å². The number of hydrogen-bond donors (Lipinski definition) is 0. The van der Waals surface area contributed by atoms with Crippen LogP contribution in [-0.4, -0.2) is 80.5 Å². The zero-order chi connectivity index (χ0) is 23.3. The second-order valence-corrected chi connectivity index (χ2v) is 9.92. The summed E-state index contributed by atoms with van der Waals surface area (Å²) in [7, 11) is -1.82. The molecule has 0 bridgehead atoms. The number of sulfonamides is 1. The summed E-state index contributed by atoms with van der Waals surface area (Å²) >= 11 is 0. The van der Waals surface area contributed by atoms with Crippen molar-refractivity contribution in [2.45, 2.75) is 18.2 Å². The van der Waals surface area contributed by atoms with E-state index in [0.29, 0.717) is 31.6 Å². The molecule has 1 aliphatic rings. The molecule has 0 aliphatic carbocycles. The molecule has 2 aromatic carbocycles. The largest absolute Gasteiger partial charge is 0.339 e. The van der Waals surface area contributed by atoms with Crippen molar-refractivity contribution in [3.8, 4) is 0 Å². The van der Waals surface area contributed by atoms with Gasteiger partial charge in [-0.3, -0.25) is 14.5 Å². The predicted octanol–water partition coefficient (Wildman–Crippen LogP) is 2.04. The Bertz CT molecular complexity index is 1050. The molecule has 1 aliphatic heterocycles. The van der Waals surface area contributed by atoms with Gasteiger partial charge in [0.2, 0.25) is 15.9 Å². The number of piperazine rings is 1. The van der Waals surface area contributed by atoms with Crippen molar-refractivity contribution in [3.05, 3.63) is 65.5 Å². The maximum Gasteiger partial charge on any atom is 0.243 e. The van der Waals surface area contributed by atoms with E-state index >= 15 is 0 Å². The van der Waals surface area contributed by atoms with Crippen molar-refractivity contribution in [2.24, 2.45) is 0 Å². The van der Waals surface area contributed by atoms with Crippen molar-refractivity contribution in [1.82, 2.24) is 14.1 Å². The van der Waals surface area contributed by atoms with Crippen molar-refractivity contribution < 1.29 is 22.4 Å². The highest BCUT2D eigenvalue weighted by Crippen LogP contribution is 2.18. The van der Waals surface area contributed by atoms with E-state index in [1.54, 1.807) is 17.0 Å². The van der Waals surface area contributed by atoms with E-state index in [0.717, 1.165) is 5.56 Å². The lowest BCUT2D eigenvalue weighted by molar-refractivity contribution is -0.133. The minimum absolute atomic E-state index is 0.0468. The summed E-state index contributed by atoms with van der Waals surface area (Å²) in [5.74, 6) is -0.440. The van der Waals surface area contributed by atoms with Gasteiger partial charge >= 0.3 is 0 Å². The molecule has 0 radical (unpaired) electrons. The number of likely N-dealkylation sites (N-methyl/N-ethyl adjacent to an activating group) is 1. The van der Waals surface area contributed by atoms with Crippen LogP contribution in [0.4, 0.5) is 4.39 Å². The van der Waals surface area contributed by atoms with Crippen LogP contribution < -0.4 is 0 Å². The standard InChI is InChI=1S/C23H28FN3O4S/c1-18(28)20-5-9-22(10-6-20)32(30,31)27-15-13-26(14-16-27)23(29)17-25(2)12-11-19-3-7-21(24)8-4-19/h3-10H,11-17H2,1-2H3. The highest BCUT2D eigenvalue weighted by Gasteiger charge is 2.30. The first kappa shape index (κ1) is 24.0. The Balaban J connectivity index is 1.49. The molecular formula is C23H28FN3O4S. The fraction of sp³-hybridized carbons (Fsp3) is 0.391. The number of carbonyl (C=O) groups excluding carboxylic acids is 2. The van der Waals surface area contributed by atoms with Crippen LogP contribution in [0, 0.1) is 5.82 Å². The molecule has 32 heavy (non-hydrogen) atoms. The topological polar surface area (TPSA) is 78.0 Å². The molecule has 0 spiro atoms. The number of hydrogen-bond acceptors (Lipinski definition) is 5. The van der Waals surface area contributed by atoms with Gasteiger partial charge in [0.05, 0.1) is 11.4 Å². The van der Waals surface area contributed by atoms with E-state index in [1.807, 2.05) is 11.9 Å². The maximum absolute atomic E-state index is 13.0. The van der Waals surface area contributed by atoms with Gasteiger partial charge < -0.3 is 4.90 Å². The third-order valence-corrected chi connectivity index (χ3v) is 7.50. The molecule has 1 fully saturated rings. The van der Waals surface area contributed by atoms with E-state index in [2.05, 4.69) is 0 Å². The van der Waals surface area contributed by atoms with Crippen LogP contribution in [0.15, 0.2) is 53.4 Å². The monoisotopic (exact) mass is 461 g/mol. The van der Waals surface area contributed by atoms with Crippen molar-refractivity contribution in [1.29, 1.82) is 0 Å². The first-order valence-electron chi connectivity index (χ1n) is 10.5. The molecule has 0 N–H and O–H groups in total. The quantitative estimate of drug-likeness (QED) is 0.563. The van der Waals surface area contributed by atoms with E-state index in [1.165, 1.54) is 47.6 Å². The molecule has 2 aromatic rings. The van der Waals surface area contributed by atoms with Crippen LogP contribution in [0.5, 0.6) is 0 Å². The molecule has 0 aromatic heterocycles. The molecule has 1 saturated heterocycles. The predicted molar refractivity (Wildman–Crippen MR) is 119 cm³/mol. The number of benzene rings is 2. The summed E-state index contributed by atoms with van der Waals surface area (Å²) in [4.78, 5) is 27.8. The fourth-order valence-electron chi connectivity index (χ4n) is 3.57. The third-order valence-electron chi connectivity index (χ3n) is 5.59. The lowest BCUT2D eigenvalue weighted by Crippen LogP contribution is -2.52. The third kappa shape index (κ3) is 5.99. The Labute approximate surface area is 188 Å². The van der Waals surface area contributed by atoms with Gasteiger partial charge in [-0.1, -0.05) is 24.3 Å². The molecule has 172 valence electrons. The van der Waals surface area contributed by atoms with Gasteiger partial charge in [0.1, 0.15) is 5.82 Å². The van der Waals surface area contributed by atoms with Gasteiger partial charge in [0.25, 0.3) is 0 Å². The van der Waals surface area contributed by atoms with E-state index in [9.17, 15) is 22.4 Å². The second kappa shape index (κ2) is 10.3. The number of halogens is 1. The SMILES string of the molecule is CC(=O)c1ccc(S(=O)(=O)N2CCN(C(=O)CN(C)CCc3ccc(F)cc3)CC2)cc1. The van der Waals surface area contributed by atoms with Gasteiger partial charge in [-0.25, -0.2) is 12.8 Å². The second-order valence-electron chi connectivity index (χ2n) is 7.98. The summed E-state index contributed by atoms with van der Waals surface area (Å²) in [5, 5.41) is 0. The van der Waals surface area contributed by atoms with E-state index in [4.69, 9.17) is 0 Å². The summed E-state index contributed by atoms with van der Waals surface area (Å²) in [6, 6.07) is 12.2. The fourth-order valence-corrected chi connectivity index (χ4v) is 4.99. The Morgan fingerprint density at radius 3 is 2.12 bits per heavy atom. The first-order valence-corrected chi connectivity index (χ1v) is 11.9. The van der Waals surface area contributed by atoms with Crippen LogP contribution in [-0.2, 0) is 21.2 Å². The molecular weight excluding hydrogens is 433 g/mol. The summed E-state index contributed by atoms with van der Waals surface area (Å²) in [6.45, 7) is 3.43. The van der Waals surface area contributed by atoms with Crippen molar-refractivity contribution >= 4 is 21.7 Å². The minimum Gasteiger partial charge on any atom is -0.339 e. The van der Waals surface area contributed by atoms with Gasteiger partial charge in [0, 0.05) is 38.3 Å². The molecule has 3 rings (SSSR count). The Morgan fingerprint density at radius 1 is 0.969 bits per heavy atom. The van der Waals surface area contributed by atoms with Crippen LogP contribution in [0.3, 0.4) is 0 Å². The van der Waals surface area contributed by atoms with Crippen molar-refractivity contribution in [2.75, 3.05) is 46.3 Å². The summed E-state index contributed by atoms with van der Waals surface area (Å²) < 4.78 is 40.1. The molecule has 1 amide bonds. The number of Topliss-reactive ketones (excluding diaryl/α,β-unsaturated/α-hetero) is 1. The zero-order valence-electron chi connectivity index (χ0n) is 18.3. The zero-order valence-corrected chi connectivity index (χ0v) is 19.1. The Hall–Kier alpha value is -2.62. The molecule has 7 nitrogen and oxygen atoms in total. The number of carbonyl (C=O) groups is 2. The van der Waals surface area contributed by atoms with Gasteiger partial charge in [-0.2, -0.15) is 4.31 Å². The lowest BCUT2D eigenvalue weighted by atomic mass is 10.1. The van der Waals surface area contributed by atoms with Crippen LogP contribution in [0.1, 0.15) is 22.8 Å². The van der Waals surface area contributed by atoms with E-state index < -0.39 is 10.0 Å². The van der Waals surface area contributed by atoms with E-state index in [-0.39, 0.29) is 42.0 Å². The molecule has 1 heterocycles. The number of nitrogens with zero attached hydrogens (tertiary/aromatic N) is 3. The first-order chi connectivity index (χ1) is 15.2. The molecule has 0 atom stereocenters. The maximum atomic E-state index is 13.0. The average molecular weight is 462 g/mol. The lowest BCUT2D eigenvalue weighted by Gasteiger charge is -2.34. The number of amides is 1. The normalized spacial score (nSPS) is 15.2. The Morgan fingerprint density at radius 2 is 1.56 bits per heavy atom. The highest BCUT2D eigenvalue weighted by molar-refractivity contribution is 7.89. The van der Waals surface area contributed by atoms with Gasteiger partial charge in [-0.05, 0) is 50.2 Å². The molecule has 9 heteroatoms. The van der Waals surface area contributed by atoms with Crippen LogP contribution in [0.2, 0.25) is 0 Å². The van der Waals surface area contributed by atoms with Crippen LogP contribution in [0.25, 0.3) is 0 Å². The van der Waals surface area contributed by atoms with Crippen LogP contribution >= 0.6 is 0 Å². The highest BCUT2D eigenvalue weighted by atomic mass is 32.2. The smallest absolute Gasteiger partial charge is 0.243 e. The molecule has 0 unspecified atom stereocenters. The van der Waals surface area contributed by atoms with Gasteiger partial charge in [0.15, 0.2) is 5.78 Å². The summed E-state index contributed by atoms with van der Waals surface area (Å²) in [5.41, 5.74) is 1.46. The molecule has 0 saturated carbocycles. The average Bonchev–Trinajstić information content (AvgIpc) is 2.78. The number of ketones is 1. The Kier molecular flexibility index (Phi) is 7.76. The number of rotatable bonds is 8.